The normalized spacial score (nSPS) is 13.8. The molecule has 0 radical (unpaired) electrons. The molecular formula is C29H39N5O7. The van der Waals surface area contributed by atoms with Crippen LogP contribution >= 0.6 is 0 Å². The summed E-state index contributed by atoms with van der Waals surface area (Å²) in [5, 5.41) is 28.8. The van der Waals surface area contributed by atoms with Gasteiger partial charge in [0.25, 0.3) is 0 Å². The number of carboxylic acids is 1. The summed E-state index contributed by atoms with van der Waals surface area (Å²) in [6, 6.07) is 11.0. The summed E-state index contributed by atoms with van der Waals surface area (Å²) in [7, 11) is 0. The second kappa shape index (κ2) is 16.0. The molecule has 0 bridgehead atoms. The van der Waals surface area contributed by atoms with Gasteiger partial charge in [0.15, 0.2) is 0 Å². The Morgan fingerprint density at radius 2 is 1.37 bits per heavy atom. The predicted octanol–water partition coefficient (Wildman–Crippen LogP) is 0.226. The van der Waals surface area contributed by atoms with Crippen LogP contribution in [0.1, 0.15) is 38.3 Å². The maximum Gasteiger partial charge on any atom is 0.326 e. The molecule has 0 aliphatic carbocycles. The fraction of sp³-hybridized carbons (Fsp3) is 0.414. The first-order valence-electron chi connectivity index (χ1n) is 13.3. The number of carboxylic acid groups (broad SMARTS) is 1. The van der Waals surface area contributed by atoms with E-state index in [0.29, 0.717) is 0 Å². The van der Waals surface area contributed by atoms with E-state index in [1.54, 1.807) is 42.5 Å². The van der Waals surface area contributed by atoms with E-state index in [4.69, 9.17) is 5.73 Å². The smallest absolute Gasteiger partial charge is 0.326 e. The van der Waals surface area contributed by atoms with Gasteiger partial charge in [-0.25, -0.2) is 4.79 Å². The Morgan fingerprint density at radius 3 is 1.95 bits per heavy atom. The molecule has 0 saturated heterocycles. The Bertz CT molecular complexity index is 1190. The monoisotopic (exact) mass is 569 g/mol. The van der Waals surface area contributed by atoms with Crippen LogP contribution in [0.3, 0.4) is 0 Å². The molecule has 222 valence electrons. The van der Waals surface area contributed by atoms with Crippen LogP contribution in [0, 0.1) is 5.92 Å². The molecule has 0 saturated carbocycles. The summed E-state index contributed by atoms with van der Waals surface area (Å²) in [5.41, 5.74) is 7.41. The van der Waals surface area contributed by atoms with Crippen molar-refractivity contribution in [2.45, 2.75) is 64.2 Å². The van der Waals surface area contributed by atoms with Crippen molar-refractivity contribution < 1.29 is 34.2 Å². The minimum atomic E-state index is -1.18. The van der Waals surface area contributed by atoms with Crippen molar-refractivity contribution in [3.63, 3.8) is 0 Å². The van der Waals surface area contributed by atoms with Crippen LogP contribution in [0.4, 0.5) is 0 Å². The molecule has 0 fully saturated rings. The zero-order chi connectivity index (χ0) is 30.5. The van der Waals surface area contributed by atoms with Crippen LogP contribution in [0.2, 0.25) is 0 Å². The van der Waals surface area contributed by atoms with E-state index < -0.39 is 60.3 Å². The molecule has 4 atom stereocenters. The first-order valence-corrected chi connectivity index (χ1v) is 13.3. The lowest BCUT2D eigenvalue weighted by Crippen LogP contribution is -2.55. The number of phenols is 1. The second-order valence-corrected chi connectivity index (χ2v) is 10.3. The summed E-state index contributed by atoms with van der Waals surface area (Å²) >= 11 is 0. The number of nitrogens with one attached hydrogen (secondary N) is 4. The summed E-state index contributed by atoms with van der Waals surface area (Å²) in [4.78, 5) is 62.3. The lowest BCUT2D eigenvalue weighted by molar-refractivity contribution is -0.142. The summed E-state index contributed by atoms with van der Waals surface area (Å²) < 4.78 is 0. The molecule has 0 aliphatic heterocycles. The second-order valence-electron chi connectivity index (χ2n) is 10.3. The first kappa shape index (κ1) is 32.8. The van der Waals surface area contributed by atoms with E-state index in [-0.39, 0.29) is 30.9 Å². The van der Waals surface area contributed by atoms with Gasteiger partial charge in [-0.2, -0.15) is 0 Å². The van der Waals surface area contributed by atoms with Gasteiger partial charge in [0, 0.05) is 6.42 Å². The van der Waals surface area contributed by atoms with Gasteiger partial charge in [0.1, 0.15) is 23.9 Å². The number of benzene rings is 2. The van der Waals surface area contributed by atoms with Gasteiger partial charge in [-0.3, -0.25) is 19.2 Å². The lowest BCUT2D eigenvalue weighted by atomic mass is 10.0. The van der Waals surface area contributed by atoms with E-state index in [9.17, 15) is 34.2 Å². The number of hydrogen-bond acceptors (Lipinski definition) is 7. The highest BCUT2D eigenvalue weighted by atomic mass is 16.4. The number of amides is 4. The third-order valence-electron chi connectivity index (χ3n) is 6.16. The number of aliphatic carboxylic acids is 1. The van der Waals surface area contributed by atoms with E-state index in [0.717, 1.165) is 11.1 Å². The average molecular weight is 570 g/mol. The van der Waals surface area contributed by atoms with Crippen molar-refractivity contribution in [1.82, 2.24) is 21.3 Å². The number of aromatic hydroxyl groups is 1. The van der Waals surface area contributed by atoms with Crippen molar-refractivity contribution in [1.29, 1.82) is 0 Å². The third kappa shape index (κ3) is 11.7. The van der Waals surface area contributed by atoms with Crippen molar-refractivity contribution in [3.05, 3.63) is 65.7 Å². The topological polar surface area (TPSA) is 200 Å². The molecule has 0 spiro atoms. The molecule has 2 aromatic carbocycles. The fourth-order valence-corrected chi connectivity index (χ4v) is 3.95. The van der Waals surface area contributed by atoms with Gasteiger partial charge in [-0.1, -0.05) is 56.3 Å². The van der Waals surface area contributed by atoms with E-state index in [2.05, 4.69) is 21.3 Å². The lowest BCUT2D eigenvalue weighted by Gasteiger charge is -2.23. The van der Waals surface area contributed by atoms with E-state index >= 15 is 0 Å². The van der Waals surface area contributed by atoms with Crippen molar-refractivity contribution >= 4 is 29.6 Å². The van der Waals surface area contributed by atoms with E-state index in [1.807, 2.05) is 13.8 Å². The number of nitrogens with two attached hydrogens (primary N) is 1. The Balaban J connectivity index is 1.94. The van der Waals surface area contributed by atoms with Crippen LogP contribution in [0.15, 0.2) is 54.6 Å². The van der Waals surface area contributed by atoms with Gasteiger partial charge in [-0.05, 0) is 48.9 Å². The highest BCUT2D eigenvalue weighted by Gasteiger charge is 2.28. The molecule has 0 aromatic heterocycles. The minimum absolute atomic E-state index is 0.0126. The molecule has 12 heteroatoms. The maximum absolute atomic E-state index is 13.0. The van der Waals surface area contributed by atoms with Crippen LogP contribution in [0.25, 0.3) is 0 Å². The number of carbonyl (C=O) groups excluding carboxylic acids is 4. The predicted molar refractivity (Wildman–Crippen MR) is 151 cm³/mol. The minimum Gasteiger partial charge on any atom is -0.508 e. The number of rotatable bonds is 15. The number of phenolic OH excluding ortho intramolecular Hbond substituents is 1. The highest BCUT2D eigenvalue weighted by Crippen LogP contribution is 2.11. The standard InChI is InChI=1S/C29H39N5O7/c1-17(2)13-24(29(40)41)34-28(39)23(15-19-7-5-4-6-8-19)33-25(36)16-31-26(37)18(3)32-27(38)22(30)14-20-9-11-21(35)12-10-20/h4-12,17-18,22-24,35H,13-16,30H2,1-3H3,(H,31,37)(H,32,38)(H,33,36)(H,34,39)(H,40,41)/t18-,22-,23-,24+/m0/s1. The Kier molecular flexibility index (Phi) is 12.8. The molecule has 0 unspecified atom stereocenters. The molecule has 0 heterocycles. The van der Waals surface area contributed by atoms with Crippen molar-refractivity contribution in [3.8, 4) is 5.75 Å². The quantitative estimate of drug-likeness (QED) is 0.158. The van der Waals surface area contributed by atoms with Gasteiger partial charge >= 0.3 is 5.97 Å². The Morgan fingerprint density at radius 1 is 0.756 bits per heavy atom. The number of carbonyl (C=O) groups is 5. The fourth-order valence-electron chi connectivity index (χ4n) is 3.95. The van der Waals surface area contributed by atoms with Gasteiger partial charge in [-0.15, -0.1) is 0 Å². The highest BCUT2D eigenvalue weighted by molar-refractivity contribution is 5.94. The molecule has 8 N–H and O–H groups in total. The molecule has 2 aromatic rings. The number of hydrogen-bond donors (Lipinski definition) is 7. The molecular weight excluding hydrogens is 530 g/mol. The van der Waals surface area contributed by atoms with Crippen LogP contribution in [0.5, 0.6) is 5.75 Å². The molecule has 41 heavy (non-hydrogen) atoms. The van der Waals surface area contributed by atoms with Crippen LogP contribution < -0.4 is 27.0 Å². The molecule has 2 rings (SSSR count). The SMILES string of the molecule is CC(C)C[C@@H](NC(=O)[C@H](Cc1ccccc1)NC(=O)CNC(=O)[C@H](C)NC(=O)[C@@H](N)Cc1ccc(O)cc1)C(=O)O. The van der Waals surface area contributed by atoms with Crippen molar-refractivity contribution in [2.75, 3.05) is 6.54 Å². The van der Waals surface area contributed by atoms with E-state index in [1.165, 1.54) is 19.1 Å². The Hall–Kier alpha value is -4.45. The molecule has 0 aliphatic rings. The zero-order valence-electron chi connectivity index (χ0n) is 23.4. The maximum atomic E-state index is 13.0. The largest absolute Gasteiger partial charge is 0.508 e. The third-order valence-corrected chi connectivity index (χ3v) is 6.16. The van der Waals surface area contributed by atoms with Crippen molar-refractivity contribution in [2.24, 2.45) is 11.7 Å². The summed E-state index contributed by atoms with van der Waals surface area (Å²) in [5.74, 6) is -3.63. The first-order chi connectivity index (χ1) is 19.3. The summed E-state index contributed by atoms with van der Waals surface area (Å²) in [6.45, 7) is 4.62. The molecule has 12 nitrogen and oxygen atoms in total. The van der Waals surface area contributed by atoms with Gasteiger partial charge in [0.05, 0.1) is 12.6 Å². The van der Waals surface area contributed by atoms with Gasteiger partial charge in [0.2, 0.25) is 23.6 Å². The van der Waals surface area contributed by atoms with Crippen LogP contribution in [-0.4, -0.2) is 70.5 Å². The van der Waals surface area contributed by atoms with Gasteiger partial charge < -0.3 is 37.2 Å². The van der Waals surface area contributed by atoms with Crippen LogP contribution in [-0.2, 0) is 36.8 Å². The zero-order valence-corrected chi connectivity index (χ0v) is 23.4. The Labute approximate surface area is 239 Å². The average Bonchev–Trinajstić information content (AvgIpc) is 2.92. The summed E-state index contributed by atoms with van der Waals surface area (Å²) in [6.07, 6.45) is 0.505. The molecule has 4 amide bonds.